The van der Waals surface area contributed by atoms with E-state index in [1.54, 1.807) is 24.3 Å². The molecule has 0 fully saturated rings. The maximum Gasteiger partial charge on any atom is 0.341 e. The molecule has 0 saturated heterocycles. The van der Waals surface area contributed by atoms with Gasteiger partial charge in [0.1, 0.15) is 16.5 Å². The van der Waals surface area contributed by atoms with Crippen molar-refractivity contribution in [2.75, 3.05) is 25.3 Å². The van der Waals surface area contributed by atoms with Gasteiger partial charge in [-0.05, 0) is 43.4 Å². The first-order valence-corrected chi connectivity index (χ1v) is 12.5. The summed E-state index contributed by atoms with van der Waals surface area (Å²) in [6.45, 7) is 0. The number of hydrogen-bond acceptors (Lipinski definition) is 10. The number of sulfone groups is 1. The highest BCUT2D eigenvalue weighted by atomic mass is 32.2. The lowest BCUT2D eigenvalue weighted by molar-refractivity contribution is -0.113. The third-order valence-electron chi connectivity index (χ3n) is 5.14. The van der Waals surface area contributed by atoms with Crippen molar-refractivity contribution in [2.24, 2.45) is 0 Å². The van der Waals surface area contributed by atoms with E-state index in [9.17, 15) is 18.0 Å². The molecule has 1 aliphatic rings. The summed E-state index contributed by atoms with van der Waals surface area (Å²) in [5.41, 5.74) is 1.57. The Morgan fingerprint density at radius 3 is 2.67 bits per heavy atom. The average molecular weight is 492 g/mol. The van der Waals surface area contributed by atoms with Crippen molar-refractivity contribution < 1.29 is 31.9 Å². The van der Waals surface area contributed by atoms with Crippen LogP contribution in [0.25, 0.3) is 11.5 Å². The van der Waals surface area contributed by atoms with E-state index in [0.29, 0.717) is 23.3 Å². The Bertz CT molecular complexity index is 1310. The minimum absolute atomic E-state index is 0.0506. The number of aryl methyl sites for hydroxylation is 1. The molecular formula is C21H21N3O7S2. The number of carbonyl (C=O) groups excluding carboxylic acids is 2. The topological polar surface area (TPSA) is 138 Å². The lowest BCUT2D eigenvalue weighted by Crippen LogP contribution is -2.24. The minimum atomic E-state index is -4.23. The number of amides is 1. The molecule has 12 heteroatoms. The van der Waals surface area contributed by atoms with E-state index in [2.05, 4.69) is 15.5 Å². The smallest absolute Gasteiger partial charge is 0.341 e. The lowest BCUT2D eigenvalue weighted by atomic mass is 9.95. The van der Waals surface area contributed by atoms with Crippen molar-refractivity contribution in [1.82, 2.24) is 10.2 Å². The Hall–Kier alpha value is -3.25. The Balaban J connectivity index is 1.54. The SMILES string of the molecule is COC(=O)c1c(NC(=O)CS(=O)(=O)c2nnc(-c3ccccc3OC)o2)sc2c1CCCC2. The lowest BCUT2D eigenvalue weighted by Gasteiger charge is -2.11. The van der Waals surface area contributed by atoms with Crippen molar-refractivity contribution in [1.29, 1.82) is 0 Å². The van der Waals surface area contributed by atoms with Gasteiger partial charge in [-0.2, -0.15) is 0 Å². The molecule has 1 amide bonds. The molecule has 0 aliphatic heterocycles. The molecule has 0 atom stereocenters. The molecule has 33 heavy (non-hydrogen) atoms. The van der Waals surface area contributed by atoms with Crippen molar-refractivity contribution in [2.45, 2.75) is 30.9 Å². The molecule has 2 aromatic heterocycles. The number of nitrogens with one attached hydrogen (secondary N) is 1. The van der Waals surface area contributed by atoms with Gasteiger partial charge in [0.05, 0.1) is 25.3 Å². The number of thiophene rings is 1. The number of esters is 1. The minimum Gasteiger partial charge on any atom is -0.496 e. The van der Waals surface area contributed by atoms with Crippen molar-refractivity contribution in [3.05, 3.63) is 40.3 Å². The number of rotatable bonds is 7. The van der Waals surface area contributed by atoms with Crippen LogP contribution in [-0.2, 0) is 32.2 Å². The predicted octanol–water partition coefficient (Wildman–Crippen LogP) is 2.88. The summed E-state index contributed by atoms with van der Waals surface area (Å²) in [4.78, 5) is 25.9. The second-order valence-electron chi connectivity index (χ2n) is 7.29. The van der Waals surface area contributed by atoms with Crippen LogP contribution in [0.1, 0.15) is 33.6 Å². The predicted molar refractivity (Wildman–Crippen MR) is 119 cm³/mol. The van der Waals surface area contributed by atoms with Crippen LogP contribution in [0, 0.1) is 0 Å². The zero-order valence-electron chi connectivity index (χ0n) is 17.9. The summed E-state index contributed by atoms with van der Waals surface area (Å²) in [6, 6.07) is 6.76. The number of fused-ring (bicyclic) bond motifs is 1. The van der Waals surface area contributed by atoms with Crippen molar-refractivity contribution >= 4 is 38.1 Å². The highest BCUT2D eigenvalue weighted by molar-refractivity contribution is 7.91. The highest BCUT2D eigenvalue weighted by Crippen LogP contribution is 2.38. The van der Waals surface area contributed by atoms with Crippen LogP contribution in [0.4, 0.5) is 5.00 Å². The molecular weight excluding hydrogens is 470 g/mol. The highest BCUT2D eigenvalue weighted by Gasteiger charge is 2.30. The maximum atomic E-state index is 12.7. The first-order chi connectivity index (χ1) is 15.8. The van der Waals surface area contributed by atoms with Gasteiger partial charge in [-0.3, -0.25) is 4.79 Å². The Morgan fingerprint density at radius 2 is 1.91 bits per heavy atom. The number of anilines is 1. The van der Waals surface area contributed by atoms with Gasteiger partial charge in [0.25, 0.3) is 5.89 Å². The molecule has 0 saturated carbocycles. The van der Waals surface area contributed by atoms with Gasteiger partial charge in [0, 0.05) is 4.88 Å². The molecule has 10 nitrogen and oxygen atoms in total. The zero-order chi connectivity index (χ0) is 23.6. The van der Waals surface area contributed by atoms with E-state index < -0.39 is 32.7 Å². The Morgan fingerprint density at radius 1 is 1.15 bits per heavy atom. The first kappa shape index (κ1) is 22.9. The molecule has 3 aromatic rings. The molecule has 1 aliphatic carbocycles. The second-order valence-corrected chi connectivity index (χ2v) is 10.3. The second kappa shape index (κ2) is 9.32. The monoisotopic (exact) mass is 491 g/mol. The molecule has 4 rings (SSSR count). The first-order valence-electron chi connectivity index (χ1n) is 10.1. The molecule has 1 aromatic carbocycles. The molecule has 0 bridgehead atoms. The number of aromatic nitrogens is 2. The molecule has 2 heterocycles. The number of para-hydroxylation sites is 1. The standard InChI is InChI=1S/C21H21N3O7S2/c1-29-14-9-5-3-7-12(14)18-23-24-21(31-18)33(27,28)11-16(25)22-19-17(20(26)30-2)13-8-4-6-10-15(13)32-19/h3,5,7,9H,4,6,8,10-11H2,1-2H3,(H,22,25). The third kappa shape index (κ3) is 4.62. The molecule has 174 valence electrons. The summed E-state index contributed by atoms with van der Waals surface area (Å²) in [6.07, 6.45) is 3.42. The fourth-order valence-corrected chi connectivity index (χ4v) is 5.84. The zero-order valence-corrected chi connectivity index (χ0v) is 19.5. The van der Waals surface area contributed by atoms with Crippen molar-refractivity contribution in [3.63, 3.8) is 0 Å². The molecule has 0 unspecified atom stereocenters. The van der Waals surface area contributed by atoms with Gasteiger partial charge < -0.3 is 19.2 Å². The van der Waals surface area contributed by atoms with Gasteiger partial charge in [-0.1, -0.05) is 17.2 Å². The van der Waals surface area contributed by atoms with Crippen LogP contribution >= 0.6 is 11.3 Å². The largest absolute Gasteiger partial charge is 0.496 e. The molecule has 0 spiro atoms. The molecule has 0 radical (unpaired) electrons. The van der Waals surface area contributed by atoms with Crippen molar-refractivity contribution in [3.8, 4) is 17.2 Å². The number of benzene rings is 1. The number of nitrogens with zero attached hydrogens (tertiary/aromatic N) is 2. The summed E-state index contributed by atoms with van der Waals surface area (Å²) in [5.74, 6) is -1.93. The number of hydrogen-bond donors (Lipinski definition) is 1. The van der Waals surface area contributed by atoms with Gasteiger partial charge in [-0.15, -0.1) is 16.4 Å². The third-order valence-corrected chi connectivity index (χ3v) is 7.69. The summed E-state index contributed by atoms with van der Waals surface area (Å²) in [7, 11) is -1.51. The van der Waals surface area contributed by atoms with Gasteiger partial charge in [-0.25, -0.2) is 13.2 Å². The summed E-state index contributed by atoms with van der Waals surface area (Å²) < 4.78 is 40.9. The van der Waals surface area contributed by atoms with Crippen LogP contribution in [0.5, 0.6) is 5.75 Å². The van der Waals surface area contributed by atoms with E-state index in [1.165, 1.54) is 25.6 Å². The number of carbonyl (C=O) groups is 2. The normalized spacial score (nSPS) is 13.3. The maximum absolute atomic E-state index is 12.7. The van der Waals surface area contributed by atoms with E-state index in [4.69, 9.17) is 13.9 Å². The fourth-order valence-electron chi connectivity index (χ4n) is 3.63. The van der Waals surface area contributed by atoms with Gasteiger partial charge in [0.2, 0.25) is 15.7 Å². The van der Waals surface area contributed by atoms with Crippen LogP contribution in [0.15, 0.2) is 33.9 Å². The number of methoxy groups -OCH3 is 2. The Labute approximate surface area is 193 Å². The van der Waals surface area contributed by atoms with E-state index in [1.807, 2.05) is 0 Å². The van der Waals surface area contributed by atoms with Gasteiger partial charge in [0.15, 0.2) is 0 Å². The average Bonchev–Trinajstić information content (AvgIpc) is 3.43. The fraction of sp³-hybridized carbons (Fsp3) is 0.333. The summed E-state index contributed by atoms with van der Waals surface area (Å²) in [5, 5.41) is 9.54. The summed E-state index contributed by atoms with van der Waals surface area (Å²) >= 11 is 1.27. The van der Waals surface area contributed by atoms with Crippen LogP contribution in [0.3, 0.4) is 0 Å². The molecule has 1 N–H and O–H groups in total. The van der Waals surface area contributed by atoms with E-state index in [0.717, 1.165) is 29.7 Å². The van der Waals surface area contributed by atoms with E-state index in [-0.39, 0.29) is 10.9 Å². The Kier molecular flexibility index (Phi) is 6.47. The quantitative estimate of drug-likeness (QED) is 0.494. The number of ether oxygens (including phenoxy) is 2. The van der Waals surface area contributed by atoms with Gasteiger partial charge >= 0.3 is 11.2 Å². The van der Waals surface area contributed by atoms with E-state index >= 15 is 0 Å². The van der Waals surface area contributed by atoms with Crippen LogP contribution in [0.2, 0.25) is 0 Å². The van der Waals surface area contributed by atoms with Crippen LogP contribution < -0.4 is 10.1 Å². The van der Waals surface area contributed by atoms with Crippen LogP contribution in [-0.4, -0.2) is 50.5 Å².